The van der Waals surface area contributed by atoms with Crippen LogP contribution >= 0.6 is 23.2 Å². The van der Waals surface area contributed by atoms with Gasteiger partial charge in [0.15, 0.2) is 5.75 Å². The van der Waals surface area contributed by atoms with Gasteiger partial charge in [0.25, 0.3) is 0 Å². The third-order valence-electron chi connectivity index (χ3n) is 2.70. The maximum atomic E-state index is 11.6. The Morgan fingerprint density at radius 3 is 2.55 bits per heavy atom. The number of hydrogen-bond acceptors (Lipinski definition) is 4. The van der Waals surface area contributed by atoms with E-state index in [0.29, 0.717) is 11.6 Å². The van der Waals surface area contributed by atoms with Gasteiger partial charge in [0.2, 0.25) is 0 Å². The molecule has 0 radical (unpaired) electrons. The Morgan fingerprint density at radius 2 is 1.82 bits per heavy atom. The fourth-order valence-electron chi connectivity index (χ4n) is 1.58. The molecule has 0 bridgehead atoms. The Balaban J connectivity index is 2.37. The molecule has 0 atom stereocenters. The average molecular weight is 345 g/mol. The molecular weight excluding hydrogens is 327 g/mol. The summed E-state index contributed by atoms with van der Waals surface area (Å²) in [6.07, 6.45) is 6.08. The van der Waals surface area contributed by atoms with Crippen molar-refractivity contribution in [1.29, 1.82) is 0 Å². The molecule has 0 fully saturated rings. The highest BCUT2D eigenvalue weighted by Gasteiger charge is 2.07. The first kappa shape index (κ1) is 18.5. The van der Waals surface area contributed by atoms with Crippen molar-refractivity contribution in [2.24, 2.45) is 0 Å². The quantitative estimate of drug-likeness (QED) is 0.300. The van der Waals surface area contributed by atoms with Crippen LogP contribution in [0.2, 0.25) is 10.0 Å². The number of ether oxygens (including phenoxy) is 2. The van der Waals surface area contributed by atoms with Crippen LogP contribution in [0.1, 0.15) is 32.6 Å². The zero-order chi connectivity index (χ0) is 16.4. The van der Waals surface area contributed by atoms with Crippen LogP contribution in [0, 0.1) is 0 Å². The molecule has 120 valence electrons. The van der Waals surface area contributed by atoms with Gasteiger partial charge in [0.1, 0.15) is 0 Å². The lowest BCUT2D eigenvalue weighted by Gasteiger charge is -2.04. The van der Waals surface area contributed by atoms with Gasteiger partial charge in [-0.15, -0.1) is 0 Å². The van der Waals surface area contributed by atoms with Crippen molar-refractivity contribution in [2.45, 2.75) is 32.6 Å². The molecule has 0 heterocycles. The van der Waals surface area contributed by atoms with Gasteiger partial charge < -0.3 is 9.47 Å². The number of benzene rings is 1. The van der Waals surface area contributed by atoms with Crippen LogP contribution < -0.4 is 4.74 Å². The van der Waals surface area contributed by atoms with Crippen LogP contribution in [0.5, 0.6) is 5.75 Å². The fourth-order valence-corrected chi connectivity index (χ4v) is 1.90. The van der Waals surface area contributed by atoms with Crippen LogP contribution in [0.25, 0.3) is 0 Å². The zero-order valence-electron chi connectivity index (χ0n) is 12.3. The minimum absolute atomic E-state index is 0.136. The molecule has 0 unspecified atom stereocenters. The highest BCUT2D eigenvalue weighted by molar-refractivity contribution is 6.34. The minimum atomic E-state index is -0.730. The van der Waals surface area contributed by atoms with E-state index in [4.69, 9.17) is 32.7 Å². The van der Waals surface area contributed by atoms with E-state index in [2.05, 4.69) is 6.92 Å². The molecule has 0 amide bonds. The lowest BCUT2D eigenvalue weighted by Crippen LogP contribution is -2.07. The van der Waals surface area contributed by atoms with Crippen molar-refractivity contribution in [3.8, 4) is 5.75 Å². The first-order chi connectivity index (χ1) is 10.5. The maximum absolute atomic E-state index is 11.6. The lowest BCUT2D eigenvalue weighted by atomic mass is 10.2. The predicted octanol–water partition coefficient (Wildman–Crippen LogP) is 4.58. The number of carbonyl (C=O) groups is 2. The molecule has 0 saturated heterocycles. The molecule has 0 spiro atoms. The second-order valence-corrected chi connectivity index (χ2v) is 5.40. The van der Waals surface area contributed by atoms with Gasteiger partial charge in [-0.3, -0.25) is 0 Å². The summed E-state index contributed by atoms with van der Waals surface area (Å²) >= 11 is 11.6. The van der Waals surface area contributed by atoms with Crippen LogP contribution in [0.3, 0.4) is 0 Å². The maximum Gasteiger partial charge on any atom is 0.336 e. The second kappa shape index (κ2) is 10.2. The van der Waals surface area contributed by atoms with Crippen LogP contribution in [-0.4, -0.2) is 18.5 Å². The van der Waals surface area contributed by atoms with Gasteiger partial charge in [-0.25, -0.2) is 9.59 Å². The number of halogens is 2. The van der Waals surface area contributed by atoms with Crippen molar-refractivity contribution in [2.75, 3.05) is 6.61 Å². The Bertz CT molecular complexity index is 541. The standard InChI is InChI=1S/C16H18Cl2O4/c1-2-3-4-5-10-21-15(19)8-9-16(20)22-14-11-12(17)6-7-13(14)18/h6-9,11H,2-5,10H2,1H3/b9-8+. The van der Waals surface area contributed by atoms with E-state index in [0.717, 1.165) is 37.8 Å². The second-order valence-electron chi connectivity index (χ2n) is 4.56. The summed E-state index contributed by atoms with van der Waals surface area (Å²) in [4.78, 5) is 23.0. The molecule has 0 N–H and O–H groups in total. The first-order valence-electron chi connectivity index (χ1n) is 7.04. The molecule has 0 aliphatic carbocycles. The third-order valence-corrected chi connectivity index (χ3v) is 3.25. The molecular formula is C16H18Cl2O4. The summed E-state index contributed by atoms with van der Waals surface area (Å²) in [5.41, 5.74) is 0. The third kappa shape index (κ3) is 7.48. The van der Waals surface area contributed by atoms with E-state index >= 15 is 0 Å². The van der Waals surface area contributed by atoms with Gasteiger partial charge in [0.05, 0.1) is 11.6 Å². The molecule has 4 nitrogen and oxygen atoms in total. The predicted molar refractivity (Wildman–Crippen MR) is 86.3 cm³/mol. The van der Waals surface area contributed by atoms with Crippen molar-refractivity contribution in [3.63, 3.8) is 0 Å². The largest absolute Gasteiger partial charge is 0.463 e. The monoisotopic (exact) mass is 344 g/mol. The van der Waals surface area contributed by atoms with Crippen LogP contribution in [0.4, 0.5) is 0 Å². The summed E-state index contributed by atoms with van der Waals surface area (Å²) in [5.74, 6) is -1.17. The average Bonchev–Trinajstić information content (AvgIpc) is 2.49. The smallest absolute Gasteiger partial charge is 0.336 e. The Hall–Kier alpha value is -1.52. The highest BCUT2D eigenvalue weighted by Crippen LogP contribution is 2.27. The van der Waals surface area contributed by atoms with E-state index < -0.39 is 11.9 Å². The SMILES string of the molecule is CCCCCCOC(=O)/C=C/C(=O)Oc1cc(Cl)ccc1Cl. The summed E-state index contributed by atoms with van der Waals surface area (Å²) in [7, 11) is 0. The lowest BCUT2D eigenvalue weighted by molar-refractivity contribution is -0.138. The van der Waals surface area contributed by atoms with Crippen LogP contribution in [0.15, 0.2) is 30.4 Å². The first-order valence-corrected chi connectivity index (χ1v) is 7.80. The summed E-state index contributed by atoms with van der Waals surface area (Å²) < 4.78 is 9.94. The summed E-state index contributed by atoms with van der Waals surface area (Å²) in [6.45, 7) is 2.45. The van der Waals surface area contributed by atoms with Crippen LogP contribution in [-0.2, 0) is 14.3 Å². The van der Waals surface area contributed by atoms with Gasteiger partial charge in [-0.2, -0.15) is 0 Å². The van der Waals surface area contributed by atoms with Gasteiger partial charge in [-0.1, -0.05) is 49.4 Å². The minimum Gasteiger partial charge on any atom is -0.463 e. The molecule has 0 aromatic heterocycles. The number of hydrogen-bond donors (Lipinski definition) is 0. The Morgan fingerprint density at radius 1 is 1.09 bits per heavy atom. The van der Waals surface area contributed by atoms with E-state index in [1.54, 1.807) is 6.07 Å². The van der Waals surface area contributed by atoms with E-state index in [9.17, 15) is 9.59 Å². The Labute approximate surface area is 140 Å². The molecule has 0 aliphatic rings. The normalized spacial score (nSPS) is 10.7. The molecule has 1 rings (SSSR count). The summed E-state index contributed by atoms with van der Waals surface area (Å²) in [5, 5.41) is 0.646. The van der Waals surface area contributed by atoms with Gasteiger partial charge in [-0.05, 0) is 18.6 Å². The number of rotatable bonds is 8. The Kier molecular flexibility index (Phi) is 8.63. The number of carbonyl (C=O) groups excluding carboxylic acids is 2. The van der Waals surface area contributed by atoms with E-state index in [-0.39, 0.29) is 10.8 Å². The fraction of sp³-hybridized carbons (Fsp3) is 0.375. The van der Waals surface area contributed by atoms with Gasteiger partial charge >= 0.3 is 11.9 Å². The van der Waals surface area contributed by atoms with E-state index in [1.807, 2.05) is 0 Å². The molecule has 0 aliphatic heterocycles. The van der Waals surface area contributed by atoms with Crippen molar-refractivity contribution in [3.05, 3.63) is 40.4 Å². The van der Waals surface area contributed by atoms with E-state index in [1.165, 1.54) is 12.1 Å². The molecule has 0 saturated carbocycles. The summed E-state index contributed by atoms with van der Waals surface area (Å²) in [6, 6.07) is 4.51. The number of unbranched alkanes of at least 4 members (excludes halogenated alkanes) is 3. The van der Waals surface area contributed by atoms with Crippen molar-refractivity contribution >= 4 is 35.1 Å². The molecule has 1 aromatic carbocycles. The molecule has 1 aromatic rings. The van der Waals surface area contributed by atoms with Gasteiger partial charge in [0, 0.05) is 23.2 Å². The molecule has 22 heavy (non-hydrogen) atoms. The number of esters is 2. The highest BCUT2D eigenvalue weighted by atomic mass is 35.5. The van der Waals surface area contributed by atoms with Crippen molar-refractivity contribution < 1.29 is 19.1 Å². The topological polar surface area (TPSA) is 52.6 Å². The van der Waals surface area contributed by atoms with Crippen molar-refractivity contribution in [1.82, 2.24) is 0 Å². The molecule has 6 heteroatoms. The zero-order valence-corrected chi connectivity index (χ0v) is 13.8.